The third-order valence-electron chi connectivity index (χ3n) is 13.6. The monoisotopic (exact) mass is 788 g/mol. The Hall–Kier alpha value is -7.30. The molecule has 0 N–H and O–H groups in total. The van der Waals surface area contributed by atoms with E-state index in [2.05, 4.69) is 163 Å². The largest absolute Gasteiger partial charge is 0.455 e. The molecule has 2 aliphatic rings. The summed E-state index contributed by atoms with van der Waals surface area (Å²) < 4.78 is 9.19. The van der Waals surface area contributed by atoms with E-state index in [1.54, 1.807) is 0 Å². The van der Waals surface area contributed by atoms with E-state index in [4.69, 9.17) is 43.6 Å². The molecule has 0 atom stereocenters. The van der Waals surface area contributed by atoms with E-state index >= 15 is 0 Å². The van der Waals surface area contributed by atoms with Crippen molar-refractivity contribution in [2.75, 3.05) is 4.90 Å². The van der Waals surface area contributed by atoms with Gasteiger partial charge in [-0.15, -0.1) is 16.4 Å². The van der Waals surface area contributed by atoms with Gasteiger partial charge in [0, 0.05) is 38.8 Å². The molecule has 0 saturated carbocycles. The van der Waals surface area contributed by atoms with E-state index < -0.39 is 5.41 Å². The van der Waals surface area contributed by atoms with Crippen molar-refractivity contribution in [1.82, 2.24) is 4.57 Å². The first-order valence-corrected chi connectivity index (χ1v) is 21.1. The number of fused-ring (bicyclic) bond motifs is 17. The van der Waals surface area contributed by atoms with Gasteiger partial charge < -0.3 is 13.9 Å². The van der Waals surface area contributed by atoms with Crippen LogP contribution in [-0.2, 0) is 5.41 Å². The summed E-state index contributed by atoms with van der Waals surface area (Å²) in [7, 11) is 32.7. The van der Waals surface area contributed by atoms with Crippen LogP contribution >= 0.6 is 0 Å². The minimum atomic E-state index is -0.594. The van der Waals surface area contributed by atoms with Gasteiger partial charge >= 0.3 is 0 Å². The van der Waals surface area contributed by atoms with Crippen LogP contribution in [0.3, 0.4) is 0 Å². The third kappa shape index (κ3) is 4.65. The summed E-state index contributed by atoms with van der Waals surface area (Å²) >= 11 is 0. The molecule has 2 aliphatic carbocycles. The zero-order valence-corrected chi connectivity index (χ0v) is 33.9. The molecule has 0 unspecified atom stereocenters. The Labute approximate surface area is 371 Å². The van der Waals surface area contributed by atoms with Gasteiger partial charge in [-0.05, 0) is 87.5 Å². The minimum absolute atomic E-state index is 0.178. The number of nitrogens with zero attached hydrogens (tertiary/aromatic N) is 2. The maximum Gasteiger partial charge on any atom is 0.145 e. The summed E-state index contributed by atoms with van der Waals surface area (Å²) in [5.74, 6) is 0. The molecular weight excluding hydrogens is 759 g/mol. The van der Waals surface area contributed by atoms with Crippen LogP contribution in [-0.4, -0.2) is 43.8 Å². The van der Waals surface area contributed by atoms with E-state index in [0.717, 1.165) is 66.4 Å². The normalized spacial score (nSPS) is 13.2. The fraction of sp³-hybridized carbons (Fsp3) is 0.0182. The average molecular weight is 788 g/mol. The van der Waals surface area contributed by atoms with Crippen LogP contribution in [0.4, 0.5) is 17.1 Å². The Bertz CT molecular complexity index is 3700. The van der Waals surface area contributed by atoms with Crippen LogP contribution in [0.2, 0.25) is 0 Å². The van der Waals surface area contributed by atoms with Crippen molar-refractivity contribution in [2.45, 2.75) is 5.41 Å². The van der Waals surface area contributed by atoms with Gasteiger partial charge in [0.15, 0.2) is 0 Å². The van der Waals surface area contributed by atoms with E-state index in [1.165, 1.54) is 38.9 Å². The highest BCUT2D eigenvalue weighted by Gasteiger charge is 2.53. The highest BCUT2D eigenvalue weighted by Crippen LogP contribution is 2.65. The van der Waals surface area contributed by atoms with Crippen LogP contribution in [0.15, 0.2) is 180 Å². The van der Waals surface area contributed by atoms with Crippen LogP contribution in [0.5, 0.6) is 0 Å². The number of rotatable bonds is 4. The molecule has 0 aliphatic heterocycles. The molecule has 0 saturated heterocycles. The molecule has 2 heterocycles. The first kappa shape index (κ1) is 36.4. The van der Waals surface area contributed by atoms with Crippen LogP contribution in [0, 0.1) is 0 Å². The minimum Gasteiger partial charge on any atom is -0.455 e. The highest BCUT2D eigenvalue weighted by molar-refractivity contribution is 6.68. The van der Waals surface area contributed by atoms with Gasteiger partial charge in [-0.25, -0.2) is 0 Å². The zero-order chi connectivity index (χ0) is 42.3. The van der Waals surface area contributed by atoms with Crippen molar-refractivity contribution in [2.24, 2.45) is 0 Å². The lowest BCUT2D eigenvalue weighted by atomic mass is 9.61. The molecule has 0 bridgehead atoms. The van der Waals surface area contributed by atoms with Gasteiger partial charge in [0.05, 0.1) is 27.5 Å². The lowest BCUT2D eigenvalue weighted by molar-refractivity contribution is 0.669. The quantitative estimate of drug-likeness (QED) is 0.167. The summed E-state index contributed by atoms with van der Waals surface area (Å²) in [5.41, 5.74) is 17.2. The Kier molecular flexibility index (Phi) is 7.57. The predicted octanol–water partition coefficient (Wildman–Crippen LogP) is 8.47. The van der Waals surface area contributed by atoms with E-state index in [9.17, 15) is 0 Å². The molecule has 8 heteroatoms. The van der Waals surface area contributed by atoms with Crippen LogP contribution < -0.4 is 32.2 Å². The molecule has 11 aromatic rings. The fourth-order valence-electron chi connectivity index (χ4n) is 11.0. The molecule has 2 aromatic heterocycles. The zero-order valence-electron chi connectivity index (χ0n) is 33.9. The molecule has 0 amide bonds. The molecular formula is C55H29B5N2O. The number of anilines is 3. The number of furan rings is 1. The summed E-state index contributed by atoms with van der Waals surface area (Å²) in [5, 5.41) is 4.08. The smallest absolute Gasteiger partial charge is 0.145 e. The Morgan fingerprint density at radius 2 is 0.968 bits per heavy atom. The van der Waals surface area contributed by atoms with Gasteiger partial charge in [-0.1, -0.05) is 138 Å². The molecule has 3 nitrogen and oxygen atoms in total. The third-order valence-corrected chi connectivity index (χ3v) is 13.6. The van der Waals surface area contributed by atoms with Gasteiger partial charge in [-0.2, -0.15) is 0 Å². The number of aromatic nitrogens is 1. The van der Waals surface area contributed by atoms with Gasteiger partial charge in [-0.3, -0.25) is 0 Å². The van der Waals surface area contributed by atoms with Crippen molar-refractivity contribution >= 4 is 127 Å². The summed E-state index contributed by atoms with van der Waals surface area (Å²) in [4.78, 5) is 2.38. The Morgan fingerprint density at radius 1 is 0.429 bits per heavy atom. The maximum atomic E-state index is 7.14. The standard InChI is InChI=1S/C55H29B5N2O/c56-48-49(57)51(59)53(52(60)50(48)58)62-42-24-12-7-18-34(42)37-28-31(26-27-43(37)62)61(30-14-2-1-3-15-30)44-29-41-46(54-47(44)36-20-8-13-25-45(36)63-54)35-19-6-11-23-40(35)55(41)38-21-9-4-16-32(38)33-17-5-10-22-39(33)55/h1-29H. The molecule has 13 rings (SSSR count). The van der Waals surface area contributed by atoms with E-state index in [1.807, 2.05) is 22.8 Å². The summed E-state index contributed by atoms with van der Waals surface area (Å²) in [6.45, 7) is 0. The van der Waals surface area contributed by atoms with Crippen LogP contribution in [0.25, 0.3) is 71.7 Å². The van der Waals surface area contributed by atoms with Crippen molar-refractivity contribution in [3.05, 3.63) is 198 Å². The van der Waals surface area contributed by atoms with Gasteiger partial charge in [0.1, 0.15) is 50.4 Å². The lowest BCUT2D eigenvalue weighted by Crippen LogP contribution is -2.56. The average Bonchev–Trinajstić information content (AvgIpc) is 4.05. The number of hydrogen-bond donors (Lipinski definition) is 0. The number of hydrogen-bond acceptors (Lipinski definition) is 2. The van der Waals surface area contributed by atoms with Gasteiger partial charge in [0.2, 0.25) is 0 Å². The molecule has 63 heavy (non-hydrogen) atoms. The lowest BCUT2D eigenvalue weighted by Gasteiger charge is -2.32. The van der Waals surface area contributed by atoms with Crippen LogP contribution in [0.1, 0.15) is 22.3 Å². The summed E-state index contributed by atoms with van der Waals surface area (Å²) in [6, 6.07) is 62.8. The molecule has 0 fully saturated rings. The molecule has 9 aromatic carbocycles. The van der Waals surface area contributed by atoms with Crippen molar-refractivity contribution in [3.63, 3.8) is 0 Å². The number of benzene rings is 9. The Balaban J connectivity index is 1.16. The van der Waals surface area contributed by atoms with Crippen molar-refractivity contribution in [3.8, 4) is 27.9 Å². The fourth-order valence-corrected chi connectivity index (χ4v) is 11.0. The SMILES string of the molecule is [B]c1c([B])c([B])c(-n2c3ccccc3c3cc(N(c4ccccc4)c4cc5c(c6oc7ccccc7c46)-c4ccccc4C54c5ccccc5-c5ccccc54)ccc32)c([B])c1[B]. The second kappa shape index (κ2) is 13.1. The Morgan fingerprint density at radius 3 is 1.67 bits per heavy atom. The molecule has 1 spiro atoms. The van der Waals surface area contributed by atoms with E-state index in [-0.39, 0.29) is 27.3 Å². The summed E-state index contributed by atoms with van der Waals surface area (Å²) in [6.07, 6.45) is 0. The highest BCUT2D eigenvalue weighted by atomic mass is 16.3. The van der Waals surface area contributed by atoms with Gasteiger partial charge in [0.25, 0.3) is 0 Å². The first-order valence-electron chi connectivity index (χ1n) is 21.1. The predicted molar refractivity (Wildman–Crippen MR) is 266 cm³/mol. The maximum absolute atomic E-state index is 7.14. The first-order chi connectivity index (χ1) is 30.9. The topological polar surface area (TPSA) is 21.3 Å². The molecule has 10 radical (unpaired) electrons. The molecule has 280 valence electrons. The van der Waals surface area contributed by atoms with E-state index in [0.29, 0.717) is 5.69 Å². The van der Waals surface area contributed by atoms with Crippen molar-refractivity contribution in [1.29, 1.82) is 0 Å². The number of para-hydroxylation sites is 3. The second-order valence-electron chi connectivity index (χ2n) is 16.6. The second-order valence-corrected chi connectivity index (χ2v) is 16.6. The van der Waals surface area contributed by atoms with Crippen molar-refractivity contribution < 1.29 is 4.42 Å².